The third kappa shape index (κ3) is 3.15. The monoisotopic (exact) mass is 333 g/mol. The van der Waals surface area contributed by atoms with Crippen molar-refractivity contribution in [3.05, 3.63) is 28.8 Å². The molecule has 1 N–H and O–H groups in total. The summed E-state index contributed by atoms with van der Waals surface area (Å²) in [5, 5.41) is 10.3. The Morgan fingerprint density at radius 2 is 2.00 bits per heavy atom. The Bertz CT molecular complexity index is 592. The van der Waals surface area contributed by atoms with Crippen LogP contribution in [0, 0.1) is 19.8 Å². The van der Waals surface area contributed by atoms with Gasteiger partial charge < -0.3 is 19.5 Å². The van der Waals surface area contributed by atoms with Crippen LogP contribution in [0.25, 0.3) is 0 Å². The first-order chi connectivity index (χ1) is 11.5. The summed E-state index contributed by atoms with van der Waals surface area (Å²) in [5.74, 6) is 0.899. The van der Waals surface area contributed by atoms with E-state index in [1.165, 1.54) is 0 Å². The van der Waals surface area contributed by atoms with E-state index < -0.39 is 0 Å². The molecule has 2 heterocycles. The van der Waals surface area contributed by atoms with Crippen molar-refractivity contribution in [1.82, 2.24) is 4.90 Å². The summed E-state index contributed by atoms with van der Waals surface area (Å²) in [6.07, 6.45) is 2.19. The van der Waals surface area contributed by atoms with Gasteiger partial charge in [0.15, 0.2) is 0 Å². The van der Waals surface area contributed by atoms with E-state index in [-0.39, 0.29) is 24.0 Å². The van der Waals surface area contributed by atoms with E-state index in [1.54, 1.807) is 7.11 Å². The van der Waals surface area contributed by atoms with Crippen LogP contribution in [-0.4, -0.2) is 54.9 Å². The minimum Gasteiger partial charge on any atom is -0.496 e. The van der Waals surface area contributed by atoms with Crippen LogP contribution in [0.4, 0.5) is 0 Å². The quantitative estimate of drug-likeness (QED) is 0.922. The summed E-state index contributed by atoms with van der Waals surface area (Å²) in [5.41, 5.74) is 2.64. The van der Waals surface area contributed by atoms with Crippen LogP contribution in [0.5, 0.6) is 5.75 Å². The number of hydrogen-bond acceptors (Lipinski definition) is 4. The minimum absolute atomic E-state index is 0.0191. The smallest absolute Gasteiger partial charge is 0.254 e. The Labute approximate surface area is 143 Å². The first kappa shape index (κ1) is 17.2. The zero-order valence-corrected chi connectivity index (χ0v) is 14.7. The molecule has 24 heavy (non-hydrogen) atoms. The van der Waals surface area contributed by atoms with Gasteiger partial charge in [0.2, 0.25) is 0 Å². The lowest BCUT2D eigenvalue weighted by Crippen LogP contribution is -2.48. The Morgan fingerprint density at radius 3 is 2.62 bits per heavy atom. The molecule has 0 bridgehead atoms. The lowest BCUT2D eigenvalue weighted by molar-refractivity contribution is -0.0589. The predicted molar refractivity (Wildman–Crippen MR) is 91.5 cm³/mol. The Morgan fingerprint density at radius 1 is 1.29 bits per heavy atom. The number of likely N-dealkylation sites (tertiary alicyclic amines) is 1. The van der Waals surface area contributed by atoms with Gasteiger partial charge in [-0.1, -0.05) is 0 Å². The molecular formula is C19H27NO4. The molecule has 1 aromatic rings. The number of amides is 1. The van der Waals surface area contributed by atoms with Crippen molar-refractivity contribution in [3.63, 3.8) is 0 Å². The van der Waals surface area contributed by atoms with E-state index in [9.17, 15) is 9.90 Å². The fourth-order valence-corrected chi connectivity index (χ4v) is 4.17. The molecule has 0 radical (unpaired) electrons. The standard InChI is InChI=1S/C19H27NO4/c1-12-9-14(10-13(2)18(12)23-3)19(22)20-7-4-5-16(20)15-11-24-8-6-17(15)21/h9-10,15-17,21H,4-8,11H2,1-3H3. The molecule has 1 amide bonds. The van der Waals surface area contributed by atoms with Crippen molar-refractivity contribution in [2.45, 2.75) is 45.3 Å². The maximum Gasteiger partial charge on any atom is 0.254 e. The van der Waals surface area contributed by atoms with Crippen molar-refractivity contribution in [1.29, 1.82) is 0 Å². The largest absolute Gasteiger partial charge is 0.496 e. The van der Waals surface area contributed by atoms with Gasteiger partial charge >= 0.3 is 0 Å². The maximum absolute atomic E-state index is 13.1. The number of aliphatic hydroxyl groups excluding tert-OH is 1. The first-order valence-corrected chi connectivity index (χ1v) is 8.75. The average molecular weight is 333 g/mol. The number of benzene rings is 1. The van der Waals surface area contributed by atoms with Gasteiger partial charge in [-0.15, -0.1) is 0 Å². The molecule has 2 fully saturated rings. The topological polar surface area (TPSA) is 59.0 Å². The number of aryl methyl sites for hydroxylation is 2. The highest BCUT2D eigenvalue weighted by Crippen LogP contribution is 2.32. The molecule has 5 heteroatoms. The second kappa shape index (κ2) is 7.11. The summed E-state index contributed by atoms with van der Waals surface area (Å²) in [7, 11) is 1.65. The molecule has 0 spiro atoms. The van der Waals surface area contributed by atoms with E-state index in [1.807, 2.05) is 30.9 Å². The van der Waals surface area contributed by atoms with Crippen LogP contribution in [0.2, 0.25) is 0 Å². The van der Waals surface area contributed by atoms with Gasteiger partial charge in [0.1, 0.15) is 5.75 Å². The van der Waals surface area contributed by atoms with Crippen molar-refractivity contribution in [2.75, 3.05) is 26.9 Å². The normalized spacial score (nSPS) is 27.3. The number of aliphatic hydroxyl groups is 1. The number of carbonyl (C=O) groups is 1. The molecule has 2 aliphatic heterocycles. The minimum atomic E-state index is -0.378. The molecule has 0 saturated carbocycles. The molecule has 5 nitrogen and oxygen atoms in total. The van der Waals surface area contributed by atoms with E-state index >= 15 is 0 Å². The Balaban J connectivity index is 1.83. The van der Waals surface area contributed by atoms with Crippen LogP contribution >= 0.6 is 0 Å². The van der Waals surface area contributed by atoms with E-state index in [2.05, 4.69) is 0 Å². The molecule has 0 aliphatic carbocycles. The van der Waals surface area contributed by atoms with E-state index in [0.717, 1.165) is 36.3 Å². The molecule has 2 aliphatic rings. The predicted octanol–water partition coefficient (Wildman–Crippen LogP) is 2.31. The molecule has 2 saturated heterocycles. The number of nitrogens with zero attached hydrogens (tertiary/aromatic N) is 1. The van der Waals surface area contributed by atoms with Crippen LogP contribution < -0.4 is 4.74 Å². The second-order valence-electron chi connectivity index (χ2n) is 6.95. The molecule has 1 aromatic carbocycles. The number of carbonyl (C=O) groups excluding carboxylic acids is 1. The van der Waals surface area contributed by atoms with Crippen molar-refractivity contribution < 1.29 is 19.4 Å². The van der Waals surface area contributed by atoms with Gasteiger partial charge in [-0.2, -0.15) is 0 Å². The van der Waals surface area contributed by atoms with Gasteiger partial charge in [0.05, 0.1) is 19.8 Å². The van der Waals surface area contributed by atoms with Gasteiger partial charge in [-0.25, -0.2) is 0 Å². The highest BCUT2D eigenvalue weighted by Gasteiger charge is 2.39. The van der Waals surface area contributed by atoms with E-state index in [0.29, 0.717) is 25.2 Å². The van der Waals surface area contributed by atoms with Gasteiger partial charge in [-0.3, -0.25) is 4.79 Å². The fraction of sp³-hybridized carbons (Fsp3) is 0.632. The number of rotatable bonds is 3. The van der Waals surface area contributed by atoms with Crippen molar-refractivity contribution >= 4 is 5.91 Å². The summed E-state index contributed by atoms with van der Waals surface area (Å²) < 4.78 is 10.9. The maximum atomic E-state index is 13.1. The highest BCUT2D eigenvalue weighted by molar-refractivity contribution is 5.95. The molecule has 3 unspecified atom stereocenters. The summed E-state index contributed by atoms with van der Waals surface area (Å²) >= 11 is 0. The van der Waals surface area contributed by atoms with Crippen LogP contribution in [0.15, 0.2) is 12.1 Å². The zero-order valence-electron chi connectivity index (χ0n) is 14.7. The molecule has 132 valence electrons. The van der Waals surface area contributed by atoms with Crippen LogP contribution in [0.1, 0.15) is 40.7 Å². The van der Waals surface area contributed by atoms with Crippen LogP contribution in [-0.2, 0) is 4.74 Å². The number of hydrogen-bond donors (Lipinski definition) is 1. The molecule has 0 aromatic heterocycles. The fourth-order valence-electron chi connectivity index (χ4n) is 4.17. The number of ether oxygens (including phenoxy) is 2. The summed E-state index contributed by atoms with van der Waals surface area (Å²) in [6.45, 7) is 5.81. The molecular weight excluding hydrogens is 306 g/mol. The first-order valence-electron chi connectivity index (χ1n) is 8.75. The highest BCUT2D eigenvalue weighted by atomic mass is 16.5. The molecule has 3 atom stereocenters. The van der Waals surface area contributed by atoms with Crippen LogP contribution in [0.3, 0.4) is 0 Å². The lowest BCUT2D eigenvalue weighted by atomic mass is 9.89. The summed E-state index contributed by atoms with van der Waals surface area (Å²) in [6, 6.07) is 3.87. The zero-order chi connectivity index (χ0) is 17.3. The third-order valence-corrected chi connectivity index (χ3v) is 5.33. The molecule has 3 rings (SSSR count). The van der Waals surface area contributed by atoms with E-state index in [4.69, 9.17) is 9.47 Å². The average Bonchev–Trinajstić information content (AvgIpc) is 3.03. The number of methoxy groups -OCH3 is 1. The SMILES string of the molecule is COc1c(C)cc(C(=O)N2CCCC2C2COCCC2O)cc1C. The second-order valence-corrected chi connectivity index (χ2v) is 6.95. The van der Waals surface area contributed by atoms with Crippen molar-refractivity contribution in [3.8, 4) is 5.75 Å². The third-order valence-electron chi connectivity index (χ3n) is 5.33. The Kier molecular flexibility index (Phi) is 5.11. The van der Waals surface area contributed by atoms with Gasteiger partial charge in [-0.05, 0) is 56.4 Å². The summed E-state index contributed by atoms with van der Waals surface area (Å²) in [4.78, 5) is 15.0. The lowest BCUT2D eigenvalue weighted by Gasteiger charge is -2.37. The van der Waals surface area contributed by atoms with Crippen molar-refractivity contribution in [2.24, 2.45) is 5.92 Å². The van der Waals surface area contributed by atoms with Gasteiger partial charge in [0.25, 0.3) is 5.91 Å². The Hall–Kier alpha value is -1.59. The van der Waals surface area contributed by atoms with Gasteiger partial charge in [0, 0.05) is 30.7 Å².